The molecule has 0 aliphatic heterocycles. The summed E-state index contributed by atoms with van der Waals surface area (Å²) in [6.07, 6.45) is 1.82. The average molecular weight is 427 g/mol. The molecule has 0 saturated carbocycles. The molecule has 3 rings (SSSR count). The Kier molecular flexibility index (Phi) is 8.76. The molecule has 0 unspecified atom stereocenters. The van der Waals surface area contributed by atoms with E-state index in [2.05, 4.69) is 32.5 Å². The first-order chi connectivity index (χ1) is 14.4. The molecule has 3 aromatic rings. The maximum Gasteiger partial charge on any atom is 0.263 e. The summed E-state index contributed by atoms with van der Waals surface area (Å²) in [5, 5.41) is 15.5. The highest BCUT2D eigenvalue weighted by Gasteiger charge is 2.16. The van der Waals surface area contributed by atoms with Crippen LogP contribution >= 0.6 is 11.3 Å². The SMILES string of the molecule is C=NC.Cc1cn[nH]c1-c1ccc(Nc2c(C)csc2C(=O)NCCN(C)C)cc1. The van der Waals surface area contributed by atoms with Crippen LogP contribution in [-0.2, 0) is 0 Å². The van der Waals surface area contributed by atoms with Crippen molar-refractivity contribution in [1.82, 2.24) is 20.4 Å². The van der Waals surface area contributed by atoms with Gasteiger partial charge in [-0.2, -0.15) is 5.10 Å². The number of aryl methyl sites for hydroxylation is 2. The Morgan fingerprint density at radius 2 is 1.90 bits per heavy atom. The minimum Gasteiger partial charge on any atom is -0.354 e. The van der Waals surface area contributed by atoms with Crippen LogP contribution in [-0.4, -0.2) is 62.0 Å². The van der Waals surface area contributed by atoms with E-state index in [9.17, 15) is 4.79 Å². The predicted molar refractivity (Wildman–Crippen MR) is 127 cm³/mol. The summed E-state index contributed by atoms with van der Waals surface area (Å²) in [6.45, 7) is 8.59. The van der Waals surface area contributed by atoms with Crippen molar-refractivity contribution in [3.8, 4) is 11.3 Å². The molecule has 1 aromatic carbocycles. The van der Waals surface area contributed by atoms with Crippen LogP contribution in [0.3, 0.4) is 0 Å². The molecule has 7 nitrogen and oxygen atoms in total. The summed E-state index contributed by atoms with van der Waals surface area (Å²) in [7, 11) is 5.62. The summed E-state index contributed by atoms with van der Waals surface area (Å²) in [4.78, 5) is 18.5. The fourth-order valence-electron chi connectivity index (χ4n) is 2.74. The van der Waals surface area contributed by atoms with Gasteiger partial charge in [0.25, 0.3) is 5.91 Å². The van der Waals surface area contributed by atoms with E-state index >= 15 is 0 Å². The highest BCUT2D eigenvalue weighted by atomic mass is 32.1. The summed E-state index contributed by atoms with van der Waals surface area (Å²) < 4.78 is 0. The number of likely N-dealkylation sites (N-methyl/N-ethyl adjacent to an activating group) is 1. The smallest absolute Gasteiger partial charge is 0.263 e. The Morgan fingerprint density at radius 3 is 2.47 bits per heavy atom. The van der Waals surface area contributed by atoms with Crippen LogP contribution in [0.4, 0.5) is 11.4 Å². The Bertz CT molecular complexity index is 958. The van der Waals surface area contributed by atoms with Crippen LogP contribution in [0.25, 0.3) is 11.3 Å². The fourth-order valence-corrected chi connectivity index (χ4v) is 3.66. The topological polar surface area (TPSA) is 85.4 Å². The third kappa shape index (κ3) is 6.27. The molecule has 1 amide bonds. The maximum atomic E-state index is 12.5. The highest BCUT2D eigenvalue weighted by Crippen LogP contribution is 2.31. The number of amides is 1. The Labute approximate surface area is 182 Å². The van der Waals surface area contributed by atoms with Gasteiger partial charge in [-0.25, -0.2) is 0 Å². The molecule has 8 heteroatoms. The second kappa shape index (κ2) is 11.3. The molecule has 0 fully saturated rings. The van der Waals surface area contributed by atoms with Gasteiger partial charge in [-0.15, -0.1) is 11.3 Å². The number of carbonyl (C=O) groups excluding carboxylic acids is 1. The zero-order valence-corrected chi connectivity index (χ0v) is 19.1. The van der Waals surface area contributed by atoms with Crippen molar-refractivity contribution < 1.29 is 4.79 Å². The quantitative estimate of drug-likeness (QED) is 0.497. The minimum atomic E-state index is -0.0397. The molecule has 0 spiro atoms. The van der Waals surface area contributed by atoms with Crippen molar-refractivity contribution in [3.05, 3.63) is 51.8 Å². The molecule has 2 aromatic heterocycles. The molecule has 0 atom stereocenters. The lowest BCUT2D eigenvalue weighted by atomic mass is 10.1. The van der Waals surface area contributed by atoms with Crippen molar-refractivity contribution in [1.29, 1.82) is 0 Å². The molecule has 0 saturated heterocycles. The van der Waals surface area contributed by atoms with Crippen molar-refractivity contribution in [2.75, 3.05) is 39.5 Å². The minimum absolute atomic E-state index is 0.0397. The Balaban J connectivity index is 0.00000101. The van der Waals surface area contributed by atoms with Gasteiger partial charge < -0.3 is 20.5 Å². The highest BCUT2D eigenvalue weighted by molar-refractivity contribution is 7.12. The summed E-state index contributed by atoms with van der Waals surface area (Å²) >= 11 is 1.46. The number of H-pyrrole nitrogens is 1. The molecule has 30 heavy (non-hydrogen) atoms. The van der Waals surface area contributed by atoms with Gasteiger partial charge in [0, 0.05) is 25.8 Å². The second-order valence-corrected chi connectivity index (χ2v) is 8.01. The largest absolute Gasteiger partial charge is 0.354 e. The van der Waals surface area contributed by atoms with E-state index in [1.165, 1.54) is 11.3 Å². The summed E-state index contributed by atoms with van der Waals surface area (Å²) in [5.41, 5.74) is 6.09. The van der Waals surface area contributed by atoms with Gasteiger partial charge in [0.15, 0.2) is 0 Å². The van der Waals surface area contributed by atoms with E-state index in [1.807, 2.05) is 68.7 Å². The number of benzene rings is 1. The first-order valence-corrected chi connectivity index (χ1v) is 10.5. The third-order valence-electron chi connectivity index (χ3n) is 4.30. The van der Waals surface area contributed by atoms with Gasteiger partial charge in [-0.05, 0) is 68.9 Å². The molecule has 160 valence electrons. The number of rotatable bonds is 7. The van der Waals surface area contributed by atoms with Crippen LogP contribution in [0.2, 0.25) is 0 Å². The first kappa shape index (κ1) is 23.3. The number of aromatic amines is 1. The number of anilines is 2. The Morgan fingerprint density at radius 1 is 1.23 bits per heavy atom. The molecule has 0 aliphatic carbocycles. The van der Waals surface area contributed by atoms with Crippen molar-refractivity contribution in [3.63, 3.8) is 0 Å². The van der Waals surface area contributed by atoms with Gasteiger partial charge in [0.05, 0.1) is 17.6 Å². The maximum absolute atomic E-state index is 12.5. The number of nitrogens with one attached hydrogen (secondary N) is 3. The van der Waals surface area contributed by atoms with E-state index in [0.29, 0.717) is 11.4 Å². The number of nitrogens with zero attached hydrogens (tertiary/aromatic N) is 3. The number of aliphatic imine (C=N–C) groups is 1. The van der Waals surface area contributed by atoms with Gasteiger partial charge in [0.1, 0.15) is 4.88 Å². The fraction of sp³-hybridized carbons (Fsp3) is 0.318. The first-order valence-electron chi connectivity index (χ1n) is 9.60. The summed E-state index contributed by atoms with van der Waals surface area (Å²) in [5.74, 6) is -0.0397. The molecule has 3 N–H and O–H groups in total. The molecule has 0 radical (unpaired) electrons. The monoisotopic (exact) mass is 426 g/mol. The lowest BCUT2D eigenvalue weighted by Crippen LogP contribution is -2.31. The van der Waals surface area contributed by atoms with E-state index < -0.39 is 0 Å². The number of aromatic nitrogens is 2. The molecule has 0 aliphatic rings. The van der Waals surface area contributed by atoms with Crippen LogP contribution in [0, 0.1) is 13.8 Å². The molecular weight excluding hydrogens is 396 g/mol. The number of hydrogen-bond acceptors (Lipinski definition) is 6. The van der Waals surface area contributed by atoms with Crippen molar-refractivity contribution >= 4 is 35.3 Å². The van der Waals surface area contributed by atoms with Gasteiger partial charge in [0.2, 0.25) is 0 Å². The molecular formula is C22H30N6OS. The lowest BCUT2D eigenvalue weighted by Gasteiger charge is -2.12. The van der Waals surface area contributed by atoms with Crippen molar-refractivity contribution in [2.24, 2.45) is 4.99 Å². The number of carbonyl (C=O) groups is 1. The van der Waals surface area contributed by atoms with Gasteiger partial charge >= 0.3 is 0 Å². The standard InChI is InChI=1S/C20H25N5OS.C2H5N/c1-13-11-22-24-17(13)15-5-7-16(8-6-15)23-18-14(2)12-27-19(18)20(26)21-9-10-25(3)4;1-3-2/h5-8,11-12,23H,9-10H2,1-4H3,(H,21,26)(H,22,24);1H2,2H3. The molecule has 0 bridgehead atoms. The van der Waals surface area contributed by atoms with Crippen LogP contribution in [0.15, 0.2) is 40.8 Å². The number of thiophene rings is 1. The van der Waals surface area contributed by atoms with Crippen LogP contribution in [0.5, 0.6) is 0 Å². The molecule has 2 heterocycles. The van der Waals surface area contributed by atoms with Crippen LogP contribution < -0.4 is 10.6 Å². The average Bonchev–Trinajstić information content (AvgIpc) is 3.29. The van der Waals surface area contributed by atoms with Crippen molar-refractivity contribution in [2.45, 2.75) is 13.8 Å². The van der Waals surface area contributed by atoms with Crippen LogP contribution in [0.1, 0.15) is 20.8 Å². The lowest BCUT2D eigenvalue weighted by molar-refractivity contribution is 0.0956. The van der Waals surface area contributed by atoms with E-state index in [-0.39, 0.29) is 5.91 Å². The normalized spacial score (nSPS) is 10.3. The van der Waals surface area contributed by atoms with Gasteiger partial charge in [-0.1, -0.05) is 12.1 Å². The van der Waals surface area contributed by atoms with E-state index in [0.717, 1.165) is 40.3 Å². The van der Waals surface area contributed by atoms with E-state index in [4.69, 9.17) is 0 Å². The second-order valence-electron chi connectivity index (χ2n) is 7.13. The number of hydrogen-bond donors (Lipinski definition) is 3. The zero-order valence-electron chi connectivity index (χ0n) is 18.2. The predicted octanol–water partition coefficient (Wildman–Crippen LogP) is 4.11. The Hall–Kier alpha value is -2.97. The van der Waals surface area contributed by atoms with Gasteiger partial charge in [-0.3, -0.25) is 9.89 Å². The van der Waals surface area contributed by atoms with E-state index in [1.54, 1.807) is 7.05 Å². The third-order valence-corrected chi connectivity index (χ3v) is 5.39. The summed E-state index contributed by atoms with van der Waals surface area (Å²) in [6, 6.07) is 8.11. The zero-order chi connectivity index (χ0) is 22.1.